The van der Waals surface area contributed by atoms with Crippen LogP contribution in [0.25, 0.3) is 0 Å². The highest BCUT2D eigenvalue weighted by Gasteiger charge is 2.47. The predicted octanol–water partition coefficient (Wildman–Crippen LogP) is 3.58. The van der Waals surface area contributed by atoms with E-state index < -0.39 is 0 Å². The van der Waals surface area contributed by atoms with Crippen LogP contribution in [0.15, 0.2) is 0 Å². The summed E-state index contributed by atoms with van der Waals surface area (Å²) in [6.45, 7) is 7.86. The largest absolute Gasteiger partial charge is 0.353 e. The fraction of sp³-hybridized carbons (Fsp3) is 0.920. The van der Waals surface area contributed by atoms with Crippen LogP contribution in [-0.2, 0) is 9.59 Å². The molecular formula is C25H43N3O2. The quantitative estimate of drug-likeness (QED) is 0.738. The zero-order valence-electron chi connectivity index (χ0n) is 19.5. The minimum absolute atomic E-state index is 0.121. The number of carbonyl (C=O) groups excluding carboxylic acids is 2. The lowest BCUT2D eigenvalue weighted by Crippen LogP contribution is -2.60. The number of hydrogen-bond acceptors (Lipinski definition) is 3. The van der Waals surface area contributed by atoms with Gasteiger partial charge in [-0.1, -0.05) is 26.7 Å². The van der Waals surface area contributed by atoms with Gasteiger partial charge in [-0.3, -0.25) is 9.59 Å². The maximum absolute atomic E-state index is 13.4. The second-order valence-corrected chi connectivity index (χ2v) is 11.3. The minimum Gasteiger partial charge on any atom is -0.353 e. The molecule has 2 saturated heterocycles. The molecule has 2 amide bonds. The van der Waals surface area contributed by atoms with Crippen molar-refractivity contribution in [3.63, 3.8) is 0 Å². The molecule has 9 atom stereocenters. The van der Waals surface area contributed by atoms with Gasteiger partial charge in [0.15, 0.2) is 0 Å². The minimum atomic E-state index is 0.121. The SMILES string of the molecule is CC1CCCC(C(=O)NC2CCC(C)C(C3CC4CNC(C)CC4N(C)C3=O)C2)C1. The van der Waals surface area contributed by atoms with Crippen LogP contribution in [0.3, 0.4) is 0 Å². The smallest absolute Gasteiger partial charge is 0.225 e. The number of rotatable bonds is 3. The molecule has 2 aliphatic heterocycles. The van der Waals surface area contributed by atoms with Crippen LogP contribution in [0, 0.1) is 35.5 Å². The van der Waals surface area contributed by atoms with Crippen LogP contribution in [0.2, 0.25) is 0 Å². The van der Waals surface area contributed by atoms with E-state index in [0.29, 0.717) is 41.7 Å². The highest BCUT2D eigenvalue weighted by atomic mass is 16.2. The molecule has 4 fully saturated rings. The van der Waals surface area contributed by atoms with Crippen molar-refractivity contribution in [3.8, 4) is 0 Å². The third-order valence-corrected chi connectivity index (χ3v) is 9.02. The standard InChI is InChI=1S/C25H43N3O2/c1-15-6-5-7-18(10-15)24(29)27-20-9-8-16(2)21(13-20)22-12-19-14-26-17(3)11-23(19)28(4)25(22)30/h15-23,26H,5-14H2,1-4H3,(H,27,29). The van der Waals surface area contributed by atoms with Gasteiger partial charge in [0, 0.05) is 43.6 Å². The predicted molar refractivity (Wildman–Crippen MR) is 120 cm³/mol. The molecule has 0 aromatic carbocycles. The Kier molecular flexibility index (Phi) is 6.76. The van der Waals surface area contributed by atoms with Crippen molar-refractivity contribution in [1.82, 2.24) is 15.5 Å². The lowest BCUT2D eigenvalue weighted by Gasteiger charge is -2.50. The van der Waals surface area contributed by atoms with Gasteiger partial charge in [0.25, 0.3) is 0 Å². The fourth-order valence-electron chi connectivity index (χ4n) is 7.09. The highest BCUT2D eigenvalue weighted by molar-refractivity contribution is 5.80. The van der Waals surface area contributed by atoms with Crippen LogP contribution in [0.5, 0.6) is 0 Å². The van der Waals surface area contributed by atoms with E-state index in [2.05, 4.69) is 36.3 Å². The monoisotopic (exact) mass is 417 g/mol. The van der Waals surface area contributed by atoms with E-state index in [9.17, 15) is 9.59 Å². The number of amides is 2. The van der Waals surface area contributed by atoms with Crippen LogP contribution in [0.4, 0.5) is 0 Å². The van der Waals surface area contributed by atoms with E-state index in [0.717, 1.165) is 51.5 Å². The first-order chi connectivity index (χ1) is 14.3. The molecule has 0 aromatic heterocycles. The van der Waals surface area contributed by atoms with Crippen molar-refractivity contribution < 1.29 is 9.59 Å². The number of hydrogen-bond donors (Lipinski definition) is 2. The average Bonchev–Trinajstić information content (AvgIpc) is 2.72. The van der Waals surface area contributed by atoms with Crippen molar-refractivity contribution in [2.75, 3.05) is 13.6 Å². The van der Waals surface area contributed by atoms with Gasteiger partial charge >= 0.3 is 0 Å². The van der Waals surface area contributed by atoms with Crippen LogP contribution in [-0.4, -0.2) is 48.4 Å². The summed E-state index contributed by atoms with van der Waals surface area (Å²) < 4.78 is 0. The Bertz CT molecular complexity index is 638. The number of nitrogens with one attached hydrogen (secondary N) is 2. The maximum atomic E-state index is 13.4. The van der Waals surface area contributed by atoms with Crippen LogP contribution < -0.4 is 10.6 Å². The zero-order chi connectivity index (χ0) is 21.4. The van der Waals surface area contributed by atoms with E-state index in [1.807, 2.05) is 7.05 Å². The van der Waals surface area contributed by atoms with Crippen molar-refractivity contribution >= 4 is 11.8 Å². The third-order valence-electron chi connectivity index (χ3n) is 9.02. The number of piperidine rings is 2. The average molecular weight is 418 g/mol. The summed E-state index contributed by atoms with van der Waals surface area (Å²) in [6, 6.07) is 1.14. The Balaban J connectivity index is 1.39. The number of fused-ring (bicyclic) bond motifs is 1. The molecule has 2 aliphatic carbocycles. The second kappa shape index (κ2) is 9.18. The van der Waals surface area contributed by atoms with Gasteiger partial charge in [0.1, 0.15) is 0 Å². The van der Waals surface area contributed by atoms with Gasteiger partial charge in [-0.15, -0.1) is 0 Å². The molecule has 4 aliphatic rings. The topological polar surface area (TPSA) is 61.4 Å². The number of nitrogens with zero attached hydrogens (tertiary/aromatic N) is 1. The van der Waals surface area contributed by atoms with Gasteiger partial charge < -0.3 is 15.5 Å². The molecule has 170 valence electrons. The van der Waals surface area contributed by atoms with E-state index in [1.54, 1.807) is 0 Å². The molecule has 4 rings (SSSR count). The summed E-state index contributed by atoms with van der Waals surface area (Å²) in [5, 5.41) is 7.04. The Morgan fingerprint density at radius 3 is 2.60 bits per heavy atom. The Labute approximate surface area is 183 Å². The molecule has 30 heavy (non-hydrogen) atoms. The van der Waals surface area contributed by atoms with E-state index in [4.69, 9.17) is 0 Å². The molecule has 2 N–H and O–H groups in total. The second-order valence-electron chi connectivity index (χ2n) is 11.3. The zero-order valence-corrected chi connectivity index (χ0v) is 19.5. The summed E-state index contributed by atoms with van der Waals surface area (Å²) in [5.41, 5.74) is 0. The Morgan fingerprint density at radius 2 is 1.83 bits per heavy atom. The van der Waals surface area contributed by atoms with Gasteiger partial charge in [0.05, 0.1) is 0 Å². The Morgan fingerprint density at radius 1 is 1.03 bits per heavy atom. The third kappa shape index (κ3) is 4.56. The molecule has 9 unspecified atom stereocenters. The fourth-order valence-corrected chi connectivity index (χ4v) is 7.09. The van der Waals surface area contributed by atoms with Crippen molar-refractivity contribution in [3.05, 3.63) is 0 Å². The van der Waals surface area contributed by atoms with E-state index in [1.165, 1.54) is 12.8 Å². The molecule has 0 aromatic rings. The molecule has 0 radical (unpaired) electrons. The van der Waals surface area contributed by atoms with Gasteiger partial charge in [-0.05, 0) is 75.5 Å². The summed E-state index contributed by atoms with van der Waals surface area (Å²) >= 11 is 0. The molecule has 5 nitrogen and oxygen atoms in total. The van der Waals surface area contributed by atoms with E-state index >= 15 is 0 Å². The molecule has 2 saturated carbocycles. The highest BCUT2D eigenvalue weighted by Crippen LogP contribution is 2.43. The molecule has 0 spiro atoms. The van der Waals surface area contributed by atoms with Gasteiger partial charge in [-0.2, -0.15) is 0 Å². The van der Waals surface area contributed by atoms with Crippen molar-refractivity contribution in [2.24, 2.45) is 35.5 Å². The Hall–Kier alpha value is -1.10. The van der Waals surface area contributed by atoms with Crippen LogP contribution >= 0.6 is 0 Å². The summed E-state index contributed by atoms with van der Waals surface area (Å²) in [6.07, 6.45) is 9.77. The number of likely N-dealkylation sites (tertiary alicyclic amines) is 1. The number of carbonyl (C=O) groups is 2. The van der Waals surface area contributed by atoms with E-state index in [-0.39, 0.29) is 23.8 Å². The van der Waals surface area contributed by atoms with Crippen LogP contribution in [0.1, 0.15) is 78.6 Å². The molecule has 2 heterocycles. The lowest BCUT2D eigenvalue weighted by atomic mass is 9.65. The van der Waals surface area contributed by atoms with Gasteiger partial charge in [0.2, 0.25) is 11.8 Å². The lowest BCUT2D eigenvalue weighted by molar-refractivity contribution is -0.148. The van der Waals surface area contributed by atoms with Crippen molar-refractivity contribution in [2.45, 2.75) is 96.7 Å². The normalized spacial score (nSPS) is 45.0. The van der Waals surface area contributed by atoms with Crippen molar-refractivity contribution in [1.29, 1.82) is 0 Å². The first kappa shape index (κ1) is 22.1. The maximum Gasteiger partial charge on any atom is 0.225 e. The molecule has 0 bridgehead atoms. The first-order valence-electron chi connectivity index (χ1n) is 12.6. The summed E-state index contributed by atoms with van der Waals surface area (Å²) in [4.78, 5) is 28.4. The van der Waals surface area contributed by atoms with Gasteiger partial charge in [-0.25, -0.2) is 0 Å². The molecule has 5 heteroatoms. The summed E-state index contributed by atoms with van der Waals surface area (Å²) in [5.74, 6) is 3.14. The summed E-state index contributed by atoms with van der Waals surface area (Å²) in [7, 11) is 2.03. The first-order valence-corrected chi connectivity index (χ1v) is 12.6. The molecular weight excluding hydrogens is 374 g/mol.